The zero-order valence-corrected chi connectivity index (χ0v) is 20.5. The fourth-order valence-corrected chi connectivity index (χ4v) is 5.12. The Bertz CT molecular complexity index is 1530. The van der Waals surface area contributed by atoms with E-state index in [4.69, 9.17) is 9.47 Å². The summed E-state index contributed by atoms with van der Waals surface area (Å²) in [6, 6.07) is 15.5. The highest BCUT2D eigenvalue weighted by Crippen LogP contribution is 2.30. The molecule has 0 saturated carbocycles. The minimum atomic E-state index is -3.74. The van der Waals surface area contributed by atoms with Gasteiger partial charge in [0.25, 0.3) is 0 Å². The van der Waals surface area contributed by atoms with Crippen molar-refractivity contribution in [3.05, 3.63) is 60.2 Å². The third-order valence-corrected chi connectivity index (χ3v) is 7.33. The highest BCUT2D eigenvalue weighted by molar-refractivity contribution is 7.89. The van der Waals surface area contributed by atoms with E-state index in [9.17, 15) is 13.2 Å². The Balaban J connectivity index is 1.23. The Morgan fingerprint density at radius 3 is 2.64 bits per heavy atom. The molecule has 1 aliphatic rings. The summed E-state index contributed by atoms with van der Waals surface area (Å²) in [7, 11) is -2.14. The third kappa shape index (κ3) is 4.60. The molecule has 186 valence electrons. The molecule has 12 heteroatoms. The maximum absolute atomic E-state index is 12.8. The minimum Gasteiger partial charge on any atom is -0.497 e. The maximum atomic E-state index is 12.8. The van der Waals surface area contributed by atoms with Gasteiger partial charge in [0.05, 0.1) is 12.0 Å². The van der Waals surface area contributed by atoms with Crippen LogP contribution < -0.4 is 19.1 Å². The van der Waals surface area contributed by atoms with Crippen LogP contribution >= 0.6 is 0 Å². The first kappa shape index (κ1) is 23.7. The molecule has 0 radical (unpaired) electrons. The Morgan fingerprint density at radius 1 is 1.08 bits per heavy atom. The summed E-state index contributed by atoms with van der Waals surface area (Å²) in [5, 5.41) is 12.8. The molecule has 5 rings (SSSR count). The van der Waals surface area contributed by atoms with Gasteiger partial charge in [0.2, 0.25) is 21.8 Å². The lowest BCUT2D eigenvalue weighted by Gasteiger charge is -2.15. The summed E-state index contributed by atoms with van der Waals surface area (Å²) in [6.07, 6.45) is 0.622. The first-order valence-corrected chi connectivity index (χ1v) is 12.7. The molecule has 0 spiro atoms. The van der Waals surface area contributed by atoms with Crippen molar-refractivity contribution in [2.45, 2.75) is 18.2 Å². The van der Waals surface area contributed by atoms with Crippen molar-refractivity contribution in [1.29, 1.82) is 0 Å². The van der Waals surface area contributed by atoms with Crippen LogP contribution in [0.2, 0.25) is 0 Å². The van der Waals surface area contributed by atoms with E-state index in [0.29, 0.717) is 30.3 Å². The van der Waals surface area contributed by atoms with Gasteiger partial charge in [-0.05, 0) is 60.5 Å². The third-order valence-electron chi connectivity index (χ3n) is 5.87. The van der Waals surface area contributed by atoms with Crippen LogP contribution in [0.3, 0.4) is 0 Å². The lowest BCUT2D eigenvalue weighted by atomic mass is 10.2. The number of nitrogens with zero attached hydrogens (tertiary/aromatic N) is 5. The highest BCUT2D eigenvalue weighted by Gasteiger charge is 2.24. The molecular formula is C24H24N6O5S. The van der Waals surface area contributed by atoms with E-state index in [1.165, 1.54) is 13.0 Å². The number of nitrogens with one attached hydrogen (secondary N) is 1. The fourth-order valence-electron chi connectivity index (χ4n) is 4.06. The van der Waals surface area contributed by atoms with Crippen molar-refractivity contribution in [3.8, 4) is 23.0 Å². The molecule has 0 saturated heterocycles. The Kier molecular flexibility index (Phi) is 6.29. The molecule has 1 aliphatic heterocycles. The summed E-state index contributed by atoms with van der Waals surface area (Å²) < 4.78 is 40.5. The lowest BCUT2D eigenvalue weighted by molar-refractivity contribution is -0.116. The van der Waals surface area contributed by atoms with E-state index in [0.717, 1.165) is 22.6 Å². The van der Waals surface area contributed by atoms with Crippen LogP contribution in [0, 0.1) is 0 Å². The molecule has 2 aromatic carbocycles. The predicted octanol–water partition coefficient (Wildman–Crippen LogP) is 2.07. The van der Waals surface area contributed by atoms with Crippen molar-refractivity contribution in [1.82, 2.24) is 24.5 Å². The van der Waals surface area contributed by atoms with Crippen molar-refractivity contribution in [2.75, 3.05) is 31.7 Å². The van der Waals surface area contributed by atoms with E-state index in [1.54, 1.807) is 40.8 Å². The van der Waals surface area contributed by atoms with Gasteiger partial charge < -0.3 is 14.4 Å². The predicted molar refractivity (Wildman–Crippen MR) is 132 cm³/mol. The number of rotatable bonds is 8. The van der Waals surface area contributed by atoms with Crippen LogP contribution in [0.15, 0.2) is 59.5 Å². The topological polar surface area (TPSA) is 128 Å². The molecule has 1 amide bonds. The first-order chi connectivity index (χ1) is 17.4. The Labute approximate surface area is 207 Å². The van der Waals surface area contributed by atoms with Crippen LogP contribution in [0.1, 0.15) is 12.5 Å². The van der Waals surface area contributed by atoms with E-state index in [1.807, 2.05) is 24.3 Å². The van der Waals surface area contributed by atoms with E-state index in [-0.39, 0.29) is 24.0 Å². The number of hydrogen-bond acceptors (Lipinski definition) is 8. The molecule has 36 heavy (non-hydrogen) atoms. The van der Waals surface area contributed by atoms with Gasteiger partial charge in [-0.15, -0.1) is 15.3 Å². The number of benzene rings is 2. The fraction of sp³-hybridized carbons (Fsp3) is 0.250. The lowest BCUT2D eigenvalue weighted by Crippen LogP contribution is -2.28. The van der Waals surface area contributed by atoms with Crippen molar-refractivity contribution >= 4 is 27.3 Å². The number of methoxy groups -OCH3 is 1. The van der Waals surface area contributed by atoms with Crippen LogP contribution in [-0.2, 0) is 21.2 Å². The normalized spacial score (nSPS) is 13.1. The average Bonchev–Trinajstić information content (AvgIpc) is 3.50. The monoisotopic (exact) mass is 508 g/mol. The second-order valence-corrected chi connectivity index (χ2v) is 9.92. The van der Waals surface area contributed by atoms with E-state index in [2.05, 4.69) is 20.0 Å². The number of ether oxygens (including phenoxy) is 2. The van der Waals surface area contributed by atoms with Gasteiger partial charge in [-0.3, -0.25) is 4.79 Å². The summed E-state index contributed by atoms with van der Waals surface area (Å²) in [4.78, 5) is 13.5. The number of aromatic nitrogens is 4. The Hall–Kier alpha value is -4.03. The summed E-state index contributed by atoms with van der Waals surface area (Å²) in [5.74, 6) is 1.51. The molecule has 1 N–H and O–H groups in total. The van der Waals surface area contributed by atoms with Crippen molar-refractivity contribution in [3.63, 3.8) is 0 Å². The van der Waals surface area contributed by atoms with E-state index >= 15 is 0 Å². The van der Waals surface area contributed by atoms with Crippen molar-refractivity contribution < 1.29 is 22.7 Å². The number of hydrogen-bond donors (Lipinski definition) is 1. The van der Waals surface area contributed by atoms with Gasteiger partial charge in [-0.25, -0.2) is 13.1 Å². The summed E-state index contributed by atoms with van der Waals surface area (Å²) in [6.45, 7) is 2.17. The molecule has 2 aromatic heterocycles. The van der Waals surface area contributed by atoms with E-state index < -0.39 is 10.0 Å². The second-order valence-electron chi connectivity index (χ2n) is 8.15. The second kappa shape index (κ2) is 9.55. The van der Waals surface area contributed by atoms with Crippen LogP contribution in [0.5, 0.6) is 11.6 Å². The molecule has 0 atom stereocenters. The van der Waals surface area contributed by atoms with Gasteiger partial charge in [0.1, 0.15) is 12.4 Å². The van der Waals surface area contributed by atoms with Gasteiger partial charge in [0, 0.05) is 37.3 Å². The van der Waals surface area contributed by atoms with Crippen LogP contribution in [-0.4, -0.2) is 60.9 Å². The smallest absolute Gasteiger partial charge is 0.240 e. The SMILES string of the molecule is COc1ccc(-c2nnc3ccc(OCCNS(=O)(=O)c4ccc5c(c4)CCN5C(C)=O)nn23)cc1. The minimum absolute atomic E-state index is 0.0478. The maximum Gasteiger partial charge on any atom is 0.240 e. The van der Waals surface area contributed by atoms with Crippen LogP contribution in [0.4, 0.5) is 5.69 Å². The van der Waals surface area contributed by atoms with Gasteiger partial charge in [-0.2, -0.15) is 4.52 Å². The molecule has 4 aromatic rings. The number of carbonyl (C=O) groups is 1. The van der Waals surface area contributed by atoms with Gasteiger partial charge in [-0.1, -0.05) is 0 Å². The molecule has 0 fully saturated rings. The highest BCUT2D eigenvalue weighted by atomic mass is 32.2. The largest absolute Gasteiger partial charge is 0.497 e. The molecule has 3 heterocycles. The quantitative estimate of drug-likeness (QED) is 0.358. The number of amides is 1. The summed E-state index contributed by atoms with van der Waals surface area (Å²) >= 11 is 0. The molecular weight excluding hydrogens is 484 g/mol. The van der Waals surface area contributed by atoms with Gasteiger partial charge in [0.15, 0.2) is 11.5 Å². The number of sulfonamides is 1. The standard InChI is InChI=1S/C24H24N6O5S/c1-16(31)29-13-11-18-15-20(7-8-21(18)29)36(32,33)25-12-14-35-23-10-9-22-26-27-24(30(22)28-23)17-3-5-19(34-2)6-4-17/h3-10,15,25H,11-14H2,1-2H3. The summed E-state index contributed by atoms with van der Waals surface area (Å²) in [5.41, 5.74) is 2.95. The Morgan fingerprint density at radius 2 is 1.89 bits per heavy atom. The van der Waals surface area contributed by atoms with Crippen LogP contribution in [0.25, 0.3) is 17.0 Å². The van der Waals surface area contributed by atoms with Gasteiger partial charge >= 0.3 is 0 Å². The zero-order chi connectivity index (χ0) is 25.3. The molecule has 0 unspecified atom stereocenters. The van der Waals surface area contributed by atoms with Crippen molar-refractivity contribution in [2.24, 2.45) is 0 Å². The number of anilines is 1. The number of carbonyl (C=O) groups excluding carboxylic acids is 1. The molecule has 0 bridgehead atoms. The zero-order valence-electron chi connectivity index (χ0n) is 19.7. The number of fused-ring (bicyclic) bond motifs is 2. The first-order valence-electron chi connectivity index (χ1n) is 11.3. The molecule has 11 nitrogen and oxygen atoms in total. The average molecular weight is 509 g/mol. The molecule has 0 aliphatic carbocycles.